The van der Waals surface area contributed by atoms with Crippen molar-refractivity contribution in [3.8, 4) is 11.8 Å². The molecule has 2 heteroatoms. The predicted octanol–water partition coefficient (Wildman–Crippen LogP) is 3.79. The van der Waals surface area contributed by atoms with Gasteiger partial charge in [0.15, 0.2) is 0 Å². The highest BCUT2D eigenvalue weighted by molar-refractivity contribution is 6.31. The van der Waals surface area contributed by atoms with E-state index < -0.39 is 0 Å². The topological polar surface area (TPSA) is 12.0 Å². The van der Waals surface area contributed by atoms with Crippen LogP contribution in [0.5, 0.6) is 0 Å². The Labute approximate surface area is 103 Å². The van der Waals surface area contributed by atoms with Gasteiger partial charge in [0.25, 0.3) is 0 Å². The molecule has 1 atom stereocenters. The van der Waals surface area contributed by atoms with Crippen LogP contribution in [0.25, 0.3) is 0 Å². The van der Waals surface area contributed by atoms with Gasteiger partial charge >= 0.3 is 0 Å². The van der Waals surface area contributed by atoms with Gasteiger partial charge in [0.05, 0.1) is 0 Å². The summed E-state index contributed by atoms with van der Waals surface area (Å²) >= 11 is 6.19. The molecule has 86 valence electrons. The van der Waals surface area contributed by atoms with Crippen molar-refractivity contribution in [2.24, 2.45) is 0 Å². The second-order valence-corrected chi connectivity index (χ2v) is 4.07. The van der Waals surface area contributed by atoms with Gasteiger partial charge in [0.2, 0.25) is 0 Å². The van der Waals surface area contributed by atoms with Gasteiger partial charge < -0.3 is 5.32 Å². The van der Waals surface area contributed by atoms with E-state index in [9.17, 15) is 0 Å². The Kier molecular flexibility index (Phi) is 6.00. The van der Waals surface area contributed by atoms with Gasteiger partial charge in [-0.3, -0.25) is 0 Å². The predicted molar refractivity (Wildman–Crippen MR) is 70.6 cm³/mol. The molecule has 16 heavy (non-hydrogen) atoms. The molecule has 0 saturated heterocycles. The van der Waals surface area contributed by atoms with E-state index in [4.69, 9.17) is 11.6 Å². The van der Waals surface area contributed by atoms with E-state index in [1.165, 1.54) is 0 Å². The van der Waals surface area contributed by atoms with Crippen LogP contribution in [0.2, 0.25) is 5.02 Å². The molecule has 0 spiro atoms. The van der Waals surface area contributed by atoms with Gasteiger partial charge in [-0.05, 0) is 31.5 Å². The summed E-state index contributed by atoms with van der Waals surface area (Å²) < 4.78 is 0. The molecule has 1 nitrogen and oxygen atoms in total. The minimum Gasteiger partial charge on any atom is -0.309 e. The fraction of sp³-hybridized carbons (Fsp3) is 0.429. The van der Waals surface area contributed by atoms with Gasteiger partial charge in [-0.2, -0.15) is 0 Å². The van der Waals surface area contributed by atoms with Crippen LogP contribution in [-0.4, -0.2) is 6.54 Å². The van der Waals surface area contributed by atoms with Crippen molar-refractivity contribution in [1.82, 2.24) is 5.32 Å². The Morgan fingerprint density at radius 3 is 2.75 bits per heavy atom. The molecule has 0 amide bonds. The van der Waals surface area contributed by atoms with Crippen LogP contribution in [0.3, 0.4) is 0 Å². The van der Waals surface area contributed by atoms with Crippen LogP contribution in [-0.2, 0) is 0 Å². The summed E-state index contributed by atoms with van der Waals surface area (Å²) in [4.78, 5) is 0. The molecule has 0 radical (unpaired) electrons. The number of halogens is 1. The van der Waals surface area contributed by atoms with Crippen molar-refractivity contribution in [3.05, 3.63) is 34.9 Å². The quantitative estimate of drug-likeness (QED) is 0.766. The molecule has 1 aromatic rings. The lowest BCUT2D eigenvalue weighted by Crippen LogP contribution is -2.22. The molecule has 0 bridgehead atoms. The third-order valence-corrected chi connectivity index (χ3v) is 2.75. The van der Waals surface area contributed by atoms with E-state index in [1.54, 1.807) is 0 Å². The van der Waals surface area contributed by atoms with E-state index in [0.717, 1.165) is 30.0 Å². The first-order valence-corrected chi connectivity index (χ1v) is 6.04. The lowest BCUT2D eigenvalue weighted by molar-refractivity contribution is 0.542. The Bertz CT molecular complexity index is 376. The molecular weight excluding hydrogens is 218 g/mol. The van der Waals surface area contributed by atoms with Crippen molar-refractivity contribution < 1.29 is 0 Å². The average Bonchev–Trinajstić information content (AvgIpc) is 2.31. The first-order valence-electron chi connectivity index (χ1n) is 5.67. The smallest absolute Gasteiger partial charge is 0.0454 e. The maximum Gasteiger partial charge on any atom is 0.0454 e. The molecule has 0 aromatic heterocycles. The summed E-state index contributed by atoms with van der Waals surface area (Å²) in [6, 6.07) is 8.19. The average molecular weight is 236 g/mol. The van der Waals surface area contributed by atoms with E-state index in [1.807, 2.05) is 25.1 Å². The summed E-state index contributed by atoms with van der Waals surface area (Å²) in [5.74, 6) is 6.04. The van der Waals surface area contributed by atoms with E-state index in [2.05, 4.69) is 30.1 Å². The van der Waals surface area contributed by atoms with E-state index in [0.29, 0.717) is 0 Å². The fourth-order valence-electron chi connectivity index (χ4n) is 1.57. The number of hydrogen-bond donors (Lipinski definition) is 1. The van der Waals surface area contributed by atoms with Gasteiger partial charge in [0, 0.05) is 17.5 Å². The Morgan fingerprint density at radius 1 is 1.38 bits per heavy atom. The maximum atomic E-state index is 6.19. The minimum absolute atomic E-state index is 0.237. The van der Waals surface area contributed by atoms with Crippen LogP contribution < -0.4 is 5.32 Å². The Balaban J connectivity index is 2.81. The molecule has 0 aliphatic rings. The fourth-order valence-corrected chi connectivity index (χ4v) is 1.84. The lowest BCUT2D eigenvalue weighted by atomic mass is 10.0. The van der Waals surface area contributed by atoms with Crippen LogP contribution in [0, 0.1) is 11.8 Å². The number of benzene rings is 1. The van der Waals surface area contributed by atoms with Crippen LogP contribution in [0.1, 0.15) is 38.3 Å². The lowest BCUT2D eigenvalue weighted by Gasteiger charge is -2.17. The first-order chi connectivity index (χ1) is 7.79. The van der Waals surface area contributed by atoms with Gasteiger partial charge in [-0.15, -0.1) is 11.8 Å². The van der Waals surface area contributed by atoms with Crippen LogP contribution in [0.4, 0.5) is 0 Å². The van der Waals surface area contributed by atoms with E-state index in [-0.39, 0.29) is 6.04 Å². The monoisotopic (exact) mass is 235 g/mol. The highest BCUT2D eigenvalue weighted by atomic mass is 35.5. The molecular formula is C14H18ClN. The first kappa shape index (κ1) is 13.1. The number of hydrogen-bond acceptors (Lipinski definition) is 1. The maximum absolute atomic E-state index is 6.19. The highest BCUT2D eigenvalue weighted by Crippen LogP contribution is 2.24. The third kappa shape index (κ3) is 3.89. The highest BCUT2D eigenvalue weighted by Gasteiger charge is 2.11. The second kappa shape index (κ2) is 7.33. The molecule has 1 N–H and O–H groups in total. The summed E-state index contributed by atoms with van der Waals surface area (Å²) in [7, 11) is 0. The van der Waals surface area contributed by atoms with Crippen molar-refractivity contribution in [3.63, 3.8) is 0 Å². The van der Waals surface area contributed by atoms with Crippen molar-refractivity contribution in [1.29, 1.82) is 0 Å². The minimum atomic E-state index is 0.237. The van der Waals surface area contributed by atoms with Gasteiger partial charge in [-0.1, -0.05) is 36.7 Å². The number of nitrogens with one attached hydrogen (secondary N) is 1. The standard InChI is InChI=1S/C14H18ClN/c1-3-5-10-14(16-11-4-2)12-8-6-7-9-13(12)15/h6-9,14,16H,4,10-11H2,1-2H3. The molecule has 0 heterocycles. The van der Waals surface area contributed by atoms with Crippen molar-refractivity contribution >= 4 is 11.6 Å². The number of rotatable bonds is 5. The summed E-state index contributed by atoms with van der Waals surface area (Å²) in [6.07, 6.45) is 1.92. The van der Waals surface area contributed by atoms with Crippen LogP contribution in [0.15, 0.2) is 24.3 Å². The normalized spacial score (nSPS) is 11.7. The zero-order valence-electron chi connectivity index (χ0n) is 9.89. The Morgan fingerprint density at radius 2 is 2.12 bits per heavy atom. The largest absolute Gasteiger partial charge is 0.309 e. The van der Waals surface area contributed by atoms with Crippen molar-refractivity contribution in [2.75, 3.05) is 6.54 Å². The summed E-state index contributed by atoms with van der Waals surface area (Å²) in [5, 5.41) is 4.29. The van der Waals surface area contributed by atoms with Crippen LogP contribution >= 0.6 is 11.6 Å². The summed E-state index contributed by atoms with van der Waals surface area (Å²) in [5.41, 5.74) is 1.14. The molecule has 0 fully saturated rings. The third-order valence-electron chi connectivity index (χ3n) is 2.40. The molecule has 1 unspecified atom stereocenters. The SMILES string of the molecule is CC#CCC(NCCC)c1ccccc1Cl. The van der Waals surface area contributed by atoms with Gasteiger partial charge in [-0.25, -0.2) is 0 Å². The van der Waals surface area contributed by atoms with Gasteiger partial charge in [0.1, 0.15) is 0 Å². The second-order valence-electron chi connectivity index (χ2n) is 3.66. The molecule has 1 rings (SSSR count). The van der Waals surface area contributed by atoms with Crippen molar-refractivity contribution in [2.45, 2.75) is 32.7 Å². The molecule has 1 aromatic carbocycles. The molecule has 0 aliphatic carbocycles. The van der Waals surface area contributed by atoms with E-state index >= 15 is 0 Å². The summed E-state index contributed by atoms with van der Waals surface area (Å²) in [6.45, 7) is 5.01. The zero-order valence-corrected chi connectivity index (χ0v) is 10.6. The Hall–Kier alpha value is -0.970. The molecule has 0 saturated carbocycles. The molecule has 0 aliphatic heterocycles. The zero-order chi connectivity index (χ0) is 11.8.